The molecule has 78 valence electrons. The average Bonchev–Trinajstić information content (AvgIpc) is 1.78. The van der Waals surface area contributed by atoms with Crippen LogP contribution in [0.2, 0.25) is 0 Å². The molecule has 0 aromatic carbocycles. The highest BCUT2D eigenvalue weighted by Crippen LogP contribution is 2.38. The summed E-state index contributed by atoms with van der Waals surface area (Å²) in [5.74, 6) is 0.889. The summed E-state index contributed by atoms with van der Waals surface area (Å²) in [5, 5.41) is 3.67. The monoisotopic (exact) mass is 183 g/mol. The van der Waals surface area contributed by atoms with E-state index in [2.05, 4.69) is 39.9 Å². The zero-order valence-electron chi connectivity index (χ0n) is 9.85. The Balaban J connectivity index is 2.48. The van der Waals surface area contributed by atoms with Gasteiger partial charge in [-0.05, 0) is 30.6 Å². The summed E-state index contributed by atoms with van der Waals surface area (Å²) >= 11 is 0. The van der Waals surface area contributed by atoms with Crippen LogP contribution in [0.4, 0.5) is 0 Å². The molecule has 0 amide bonds. The predicted molar refractivity (Wildman–Crippen MR) is 58.9 cm³/mol. The van der Waals surface area contributed by atoms with Gasteiger partial charge in [0.25, 0.3) is 0 Å². The molecule has 0 aliphatic heterocycles. The molecule has 1 unspecified atom stereocenters. The molecule has 1 N–H and O–H groups in total. The molecule has 0 aromatic heterocycles. The molecule has 0 spiro atoms. The van der Waals surface area contributed by atoms with Crippen molar-refractivity contribution >= 4 is 0 Å². The van der Waals surface area contributed by atoms with E-state index in [1.54, 1.807) is 0 Å². The van der Waals surface area contributed by atoms with Crippen LogP contribution < -0.4 is 5.32 Å². The van der Waals surface area contributed by atoms with E-state index in [9.17, 15) is 0 Å². The van der Waals surface area contributed by atoms with E-state index in [1.807, 2.05) is 0 Å². The third kappa shape index (κ3) is 3.68. The zero-order valence-corrected chi connectivity index (χ0v) is 9.85. The summed E-state index contributed by atoms with van der Waals surface area (Å²) in [6.07, 6.45) is 4.10. The minimum Gasteiger partial charge on any atom is -0.312 e. The van der Waals surface area contributed by atoms with Crippen molar-refractivity contribution in [2.24, 2.45) is 11.3 Å². The molecule has 1 aliphatic rings. The van der Waals surface area contributed by atoms with Gasteiger partial charge in [-0.1, -0.05) is 34.6 Å². The van der Waals surface area contributed by atoms with Gasteiger partial charge in [0.05, 0.1) is 0 Å². The van der Waals surface area contributed by atoms with Crippen molar-refractivity contribution in [3.8, 4) is 0 Å². The predicted octanol–water partition coefficient (Wildman–Crippen LogP) is 3.20. The van der Waals surface area contributed by atoms with Crippen LogP contribution >= 0.6 is 0 Å². The zero-order chi connectivity index (χ0) is 10.1. The van der Waals surface area contributed by atoms with Crippen molar-refractivity contribution in [3.63, 3.8) is 0 Å². The fraction of sp³-hybridized carbons (Fsp3) is 1.00. The Bertz CT molecular complexity index is 159. The van der Waals surface area contributed by atoms with E-state index >= 15 is 0 Å². The van der Waals surface area contributed by atoms with Crippen molar-refractivity contribution in [2.75, 3.05) is 0 Å². The van der Waals surface area contributed by atoms with E-state index in [-0.39, 0.29) is 0 Å². The van der Waals surface area contributed by atoms with Crippen LogP contribution in [0, 0.1) is 11.3 Å². The van der Waals surface area contributed by atoms with E-state index in [1.165, 1.54) is 19.3 Å². The van der Waals surface area contributed by atoms with Crippen LogP contribution in [0.25, 0.3) is 0 Å². The van der Waals surface area contributed by atoms with Crippen LogP contribution in [0.3, 0.4) is 0 Å². The molecular weight excluding hydrogens is 158 g/mol. The molecule has 1 heteroatoms. The molecule has 1 nitrogen and oxygen atoms in total. The molecule has 1 fully saturated rings. The molecule has 0 saturated heterocycles. The van der Waals surface area contributed by atoms with Gasteiger partial charge in [-0.3, -0.25) is 0 Å². The van der Waals surface area contributed by atoms with Crippen LogP contribution in [-0.4, -0.2) is 12.1 Å². The smallest absolute Gasteiger partial charge is 0.00770 e. The van der Waals surface area contributed by atoms with E-state index in [4.69, 9.17) is 0 Å². The first-order chi connectivity index (χ1) is 5.89. The second-order valence-electron chi connectivity index (χ2n) is 5.93. The maximum Gasteiger partial charge on any atom is 0.00770 e. The molecule has 13 heavy (non-hydrogen) atoms. The Labute approximate surface area is 83.3 Å². The molecule has 0 bridgehead atoms. The van der Waals surface area contributed by atoms with Gasteiger partial charge in [0, 0.05) is 12.1 Å². The quantitative estimate of drug-likeness (QED) is 0.693. The van der Waals surface area contributed by atoms with Crippen molar-refractivity contribution < 1.29 is 0 Å². The summed E-state index contributed by atoms with van der Waals surface area (Å²) in [4.78, 5) is 0. The first-order valence-electron chi connectivity index (χ1n) is 5.65. The van der Waals surface area contributed by atoms with Crippen LogP contribution in [0.1, 0.15) is 53.9 Å². The first kappa shape index (κ1) is 11.0. The summed E-state index contributed by atoms with van der Waals surface area (Å²) in [6, 6.07) is 1.38. The largest absolute Gasteiger partial charge is 0.312 e. The Morgan fingerprint density at radius 3 is 2.31 bits per heavy atom. The van der Waals surface area contributed by atoms with Gasteiger partial charge in [0.1, 0.15) is 0 Å². The van der Waals surface area contributed by atoms with Crippen molar-refractivity contribution in [2.45, 2.75) is 66.0 Å². The Hall–Kier alpha value is -0.0400. The van der Waals surface area contributed by atoms with E-state index in [0.29, 0.717) is 11.5 Å². The number of rotatable bonds is 2. The molecule has 1 aliphatic carbocycles. The van der Waals surface area contributed by atoms with Gasteiger partial charge >= 0.3 is 0 Å². The molecule has 2 atom stereocenters. The van der Waals surface area contributed by atoms with Crippen LogP contribution in [0.5, 0.6) is 0 Å². The fourth-order valence-electron chi connectivity index (χ4n) is 2.94. The highest BCUT2D eigenvalue weighted by Gasteiger charge is 2.31. The lowest BCUT2D eigenvalue weighted by Gasteiger charge is -2.40. The molecule has 0 heterocycles. The van der Waals surface area contributed by atoms with E-state index in [0.717, 1.165) is 12.0 Å². The highest BCUT2D eigenvalue weighted by atomic mass is 14.9. The Morgan fingerprint density at radius 1 is 1.23 bits per heavy atom. The topological polar surface area (TPSA) is 12.0 Å². The Kier molecular flexibility index (Phi) is 3.39. The lowest BCUT2D eigenvalue weighted by molar-refractivity contribution is 0.147. The van der Waals surface area contributed by atoms with Gasteiger partial charge < -0.3 is 5.32 Å². The maximum absolute atomic E-state index is 3.67. The van der Waals surface area contributed by atoms with Crippen LogP contribution in [0.15, 0.2) is 0 Å². The normalized spacial score (nSPS) is 33.7. The number of nitrogens with one attached hydrogen (secondary N) is 1. The van der Waals surface area contributed by atoms with Crippen LogP contribution in [-0.2, 0) is 0 Å². The van der Waals surface area contributed by atoms with Crippen molar-refractivity contribution in [3.05, 3.63) is 0 Å². The minimum absolute atomic E-state index is 0.546. The fourth-order valence-corrected chi connectivity index (χ4v) is 2.94. The molecule has 1 saturated carbocycles. The highest BCUT2D eigenvalue weighted by molar-refractivity contribution is 4.86. The van der Waals surface area contributed by atoms with E-state index < -0.39 is 0 Å². The first-order valence-corrected chi connectivity index (χ1v) is 5.65. The molecule has 0 radical (unpaired) electrons. The second kappa shape index (κ2) is 4.00. The molecular formula is C12H25N. The summed E-state index contributed by atoms with van der Waals surface area (Å²) in [5.41, 5.74) is 0.546. The van der Waals surface area contributed by atoms with Gasteiger partial charge in [0.15, 0.2) is 0 Å². The number of hydrogen-bond acceptors (Lipinski definition) is 1. The van der Waals surface area contributed by atoms with Crippen molar-refractivity contribution in [1.29, 1.82) is 0 Å². The van der Waals surface area contributed by atoms with Gasteiger partial charge in [0.2, 0.25) is 0 Å². The summed E-state index contributed by atoms with van der Waals surface area (Å²) in [6.45, 7) is 11.7. The standard InChI is InChI=1S/C12H25N/c1-9(2)13-11-6-10(3)7-12(4,5)8-11/h9-11,13H,6-8H2,1-5H3/t10-,11?/m0/s1. The third-order valence-electron chi connectivity index (χ3n) is 2.96. The summed E-state index contributed by atoms with van der Waals surface area (Å²) in [7, 11) is 0. The SMILES string of the molecule is CC(C)NC1C[C@H](C)CC(C)(C)C1. The lowest BCUT2D eigenvalue weighted by Crippen LogP contribution is -2.42. The lowest BCUT2D eigenvalue weighted by atomic mass is 9.70. The van der Waals surface area contributed by atoms with Gasteiger partial charge in [-0.2, -0.15) is 0 Å². The van der Waals surface area contributed by atoms with Gasteiger partial charge in [-0.15, -0.1) is 0 Å². The third-order valence-corrected chi connectivity index (χ3v) is 2.96. The van der Waals surface area contributed by atoms with Gasteiger partial charge in [-0.25, -0.2) is 0 Å². The number of hydrogen-bond donors (Lipinski definition) is 1. The molecule has 1 rings (SSSR count). The average molecular weight is 183 g/mol. The molecule has 0 aromatic rings. The minimum atomic E-state index is 0.546. The second-order valence-corrected chi connectivity index (χ2v) is 5.93. The Morgan fingerprint density at radius 2 is 1.85 bits per heavy atom. The van der Waals surface area contributed by atoms with Crippen molar-refractivity contribution in [1.82, 2.24) is 5.32 Å². The maximum atomic E-state index is 3.67. The summed E-state index contributed by atoms with van der Waals surface area (Å²) < 4.78 is 0.